The van der Waals surface area contributed by atoms with E-state index in [1.165, 1.54) is 23.3 Å². The molecule has 2 atom stereocenters. The SMILES string of the molecule is [2H]C1(C[C@H](NC2([2H])CCCCC2)C(=O)N2CCN(C(=O)Oc3ccccc3OC)C[C@H]2C(=O)NCc2cccs2)CCCCC1. The van der Waals surface area contributed by atoms with Gasteiger partial charge in [0.25, 0.3) is 0 Å². The molecule has 0 bridgehead atoms. The van der Waals surface area contributed by atoms with Crippen molar-refractivity contribution in [1.29, 1.82) is 0 Å². The minimum absolute atomic E-state index is 0.0409. The molecule has 3 aliphatic rings. The van der Waals surface area contributed by atoms with Gasteiger partial charge in [0.05, 0.1) is 26.2 Å². The number of benzene rings is 1. The van der Waals surface area contributed by atoms with Crippen molar-refractivity contribution in [2.24, 2.45) is 5.89 Å². The molecule has 10 heteroatoms. The van der Waals surface area contributed by atoms with Crippen LogP contribution >= 0.6 is 11.3 Å². The van der Waals surface area contributed by atoms with Crippen molar-refractivity contribution in [2.45, 2.75) is 95.3 Å². The molecule has 3 fully saturated rings. The van der Waals surface area contributed by atoms with Crippen LogP contribution < -0.4 is 20.1 Å². The molecule has 1 saturated heterocycles. The number of amides is 3. The summed E-state index contributed by atoms with van der Waals surface area (Å²) in [7, 11) is 1.50. The highest BCUT2D eigenvalue weighted by molar-refractivity contribution is 7.09. The topological polar surface area (TPSA) is 100 Å². The number of piperazine rings is 1. The Morgan fingerprint density at radius 3 is 2.40 bits per heavy atom. The number of carbonyl (C=O) groups excluding carboxylic acids is 3. The molecule has 0 spiro atoms. The number of hydrogen-bond acceptors (Lipinski definition) is 7. The molecule has 234 valence electrons. The van der Waals surface area contributed by atoms with E-state index in [4.69, 9.17) is 10.8 Å². The third-order valence-corrected chi connectivity index (χ3v) is 9.57. The normalized spacial score (nSPS) is 23.0. The summed E-state index contributed by atoms with van der Waals surface area (Å²) in [5, 5.41) is 8.31. The average molecular weight is 613 g/mol. The second-order valence-corrected chi connectivity index (χ2v) is 12.7. The molecule has 5 rings (SSSR count). The van der Waals surface area contributed by atoms with E-state index in [1.807, 2.05) is 17.5 Å². The van der Waals surface area contributed by atoms with Gasteiger partial charge in [-0.15, -0.1) is 11.3 Å². The molecular formula is C33H46N4O5S. The first-order valence-electron chi connectivity index (χ1n) is 16.7. The van der Waals surface area contributed by atoms with E-state index < -0.39 is 30.1 Å². The number of para-hydroxylation sites is 2. The van der Waals surface area contributed by atoms with Crippen molar-refractivity contribution in [3.63, 3.8) is 0 Å². The maximum atomic E-state index is 14.5. The van der Waals surface area contributed by atoms with Crippen LogP contribution in [-0.2, 0) is 16.1 Å². The van der Waals surface area contributed by atoms with Gasteiger partial charge >= 0.3 is 6.09 Å². The standard InChI is InChI=1S/C33H46N4O5S/c1-41-29-16-8-9-17-30(29)42-33(40)36-18-19-37(28(23-36)31(38)34-22-26-15-10-20-43-26)32(39)27(21-24-11-4-2-5-12-24)35-25-13-6-3-7-14-25/h8-10,15-17,20,24-25,27-28,35H,2-7,11-14,18-19,21-23H2,1H3,(H,34,38)/t27-,28-/m0/s1/i24D,25D. The van der Waals surface area contributed by atoms with Gasteiger partial charge in [-0.3, -0.25) is 9.59 Å². The Hall–Kier alpha value is -3.11. The van der Waals surface area contributed by atoms with Crippen molar-refractivity contribution in [3.8, 4) is 11.5 Å². The Morgan fingerprint density at radius 2 is 1.70 bits per heavy atom. The van der Waals surface area contributed by atoms with Crippen LogP contribution in [-0.4, -0.2) is 72.6 Å². The highest BCUT2D eigenvalue weighted by atomic mass is 32.1. The van der Waals surface area contributed by atoms with Crippen molar-refractivity contribution in [1.82, 2.24) is 20.4 Å². The van der Waals surface area contributed by atoms with Crippen molar-refractivity contribution in [2.75, 3.05) is 26.7 Å². The minimum atomic E-state index is -0.957. The highest BCUT2D eigenvalue weighted by Crippen LogP contribution is 2.30. The lowest BCUT2D eigenvalue weighted by Crippen LogP contribution is -2.64. The van der Waals surface area contributed by atoms with Crippen LogP contribution in [0, 0.1) is 5.89 Å². The predicted octanol–water partition coefficient (Wildman–Crippen LogP) is 5.35. The lowest BCUT2D eigenvalue weighted by molar-refractivity contribution is -0.145. The first-order chi connectivity index (χ1) is 21.7. The minimum Gasteiger partial charge on any atom is -0.493 e. The molecule has 2 heterocycles. The third-order valence-electron chi connectivity index (χ3n) is 8.69. The van der Waals surface area contributed by atoms with Gasteiger partial charge in [-0.1, -0.05) is 69.6 Å². The number of methoxy groups -OCH3 is 1. The van der Waals surface area contributed by atoms with Crippen LogP contribution in [0.15, 0.2) is 41.8 Å². The molecular weight excluding hydrogens is 564 g/mol. The summed E-state index contributed by atoms with van der Waals surface area (Å²) in [5.74, 6) is -0.709. The smallest absolute Gasteiger partial charge is 0.415 e. The van der Waals surface area contributed by atoms with Gasteiger partial charge in [-0.05, 0) is 48.7 Å². The zero-order valence-corrected chi connectivity index (χ0v) is 26.0. The molecule has 2 aromatic rings. The van der Waals surface area contributed by atoms with Crippen LogP contribution in [0.5, 0.6) is 11.5 Å². The fraction of sp³-hybridized carbons (Fsp3) is 0.606. The number of carbonyl (C=O) groups is 3. The molecule has 2 N–H and O–H groups in total. The second-order valence-electron chi connectivity index (χ2n) is 11.7. The number of rotatable bonds is 10. The molecule has 2 aliphatic carbocycles. The van der Waals surface area contributed by atoms with Crippen LogP contribution in [0.3, 0.4) is 0 Å². The number of hydrogen-bond donors (Lipinski definition) is 2. The van der Waals surface area contributed by atoms with Crippen molar-refractivity contribution in [3.05, 3.63) is 46.7 Å². The van der Waals surface area contributed by atoms with Gasteiger partial charge in [-0.2, -0.15) is 0 Å². The van der Waals surface area contributed by atoms with E-state index in [1.54, 1.807) is 29.2 Å². The number of nitrogens with zero attached hydrogens (tertiary/aromatic N) is 2. The van der Waals surface area contributed by atoms with E-state index in [-0.39, 0.29) is 37.2 Å². The fourth-order valence-corrected chi connectivity index (χ4v) is 6.96. The molecule has 43 heavy (non-hydrogen) atoms. The van der Waals surface area contributed by atoms with Crippen LogP contribution in [0.25, 0.3) is 0 Å². The highest BCUT2D eigenvalue weighted by Gasteiger charge is 2.41. The average Bonchev–Trinajstić information content (AvgIpc) is 3.57. The van der Waals surface area contributed by atoms with E-state index in [0.29, 0.717) is 31.6 Å². The van der Waals surface area contributed by atoms with Crippen LogP contribution in [0.1, 0.15) is 78.2 Å². The molecule has 1 aromatic heterocycles. The van der Waals surface area contributed by atoms with Gasteiger partial charge in [0.1, 0.15) is 6.04 Å². The summed E-state index contributed by atoms with van der Waals surface area (Å²) >= 11 is 1.53. The maximum absolute atomic E-state index is 14.5. The van der Waals surface area contributed by atoms with Crippen molar-refractivity contribution >= 4 is 29.2 Å². The lowest BCUT2D eigenvalue weighted by Gasteiger charge is -2.42. The Kier molecular flexibility index (Phi) is 10.4. The molecule has 9 nitrogen and oxygen atoms in total. The summed E-state index contributed by atoms with van der Waals surface area (Å²) < 4.78 is 29.4. The van der Waals surface area contributed by atoms with E-state index in [9.17, 15) is 15.8 Å². The van der Waals surface area contributed by atoms with Crippen LogP contribution in [0.2, 0.25) is 0 Å². The quantitative estimate of drug-likeness (QED) is 0.376. The zero-order valence-electron chi connectivity index (χ0n) is 27.1. The maximum Gasteiger partial charge on any atom is 0.415 e. The first-order valence-corrected chi connectivity index (χ1v) is 16.5. The van der Waals surface area contributed by atoms with Gasteiger partial charge in [0.2, 0.25) is 11.8 Å². The first kappa shape index (κ1) is 28.6. The summed E-state index contributed by atoms with van der Waals surface area (Å²) in [6, 6.07) is 8.04. The van der Waals surface area contributed by atoms with E-state index in [0.717, 1.165) is 56.2 Å². The van der Waals surface area contributed by atoms with E-state index >= 15 is 0 Å². The van der Waals surface area contributed by atoms with Crippen molar-refractivity contribution < 1.29 is 26.6 Å². The molecule has 0 radical (unpaired) electrons. The van der Waals surface area contributed by atoms with Gasteiger partial charge in [-0.25, -0.2) is 4.79 Å². The van der Waals surface area contributed by atoms with Gasteiger partial charge in [0.15, 0.2) is 11.5 Å². The second kappa shape index (κ2) is 15.6. The Bertz CT molecular complexity index is 1270. The largest absolute Gasteiger partial charge is 0.493 e. The number of ether oxygens (including phenoxy) is 2. The third kappa shape index (κ3) is 8.50. The lowest BCUT2D eigenvalue weighted by atomic mass is 9.83. The monoisotopic (exact) mass is 612 g/mol. The van der Waals surface area contributed by atoms with Gasteiger partial charge in [0, 0.05) is 26.7 Å². The summed E-state index contributed by atoms with van der Waals surface area (Å²) in [6.07, 6.45) is 8.32. The zero-order chi connectivity index (χ0) is 31.9. The molecule has 0 unspecified atom stereocenters. The Balaban J connectivity index is 1.37. The summed E-state index contributed by atoms with van der Waals surface area (Å²) in [6.45, 7) is 0.582. The van der Waals surface area contributed by atoms with Crippen LogP contribution in [0.4, 0.5) is 4.79 Å². The van der Waals surface area contributed by atoms with E-state index in [2.05, 4.69) is 10.6 Å². The summed E-state index contributed by atoms with van der Waals surface area (Å²) in [5.41, 5.74) is 0. The van der Waals surface area contributed by atoms with Gasteiger partial charge < -0.3 is 29.9 Å². The molecule has 2 saturated carbocycles. The number of nitrogens with one attached hydrogen (secondary N) is 2. The number of thiophene rings is 1. The summed E-state index contributed by atoms with van der Waals surface area (Å²) in [4.78, 5) is 45.6. The molecule has 3 amide bonds. The molecule has 1 aromatic carbocycles. The predicted molar refractivity (Wildman–Crippen MR) is 167 cm³/mol. The Labute approximate surface area is 262 Å². The Morgan fingerprint density at radius 1 is 0.977 bits per heavy atom. The fourth-order valence-electron chi connectivity index (χ4n) is 6.32. The molecule has 1 aliphatic heterocycles.